The molecule has 0 spiro atoms. The van der Waals surface area contributed by atoms with Gasteiger partial charge in [-0.3, -0.25) is 4.79 Å². The van der Waals surface area contributed by atoms with E-state index >= 15 is 0 Å². The van der Waals surface area contributed by atoms with Gasteiger partial charge < -0.3 is 14.8 Å². The molecular formula is C23H18BrFN4O3. The van der Waals surface area contributed by atoms with Gasteiger partial charge in [-0.05, 0) is 48.5 Å². The van der Waals surface area contributed by atoms with Crippen molar-refractivity contribution in [1.82, 2.24) is 14.8 Å². The Kier molecular flexibility index (Phi) is 6.18. The number of hydrogen-bond acceptors (Lipinski definition) is 5. The number of nitrogens with zero attached hydrogens (tertiary/aromatic N) is 3. The van der Waals surface area contributed by atoms with Gasteiger partial charge in [0.2, 0.25) is 5.82 Å². The number of carbonyl (C=O) groups is 1. The van der Waals surface area contributed by atoms with Gasteiger partial charge in [0, 0.05) is 16.1 Å². The number of halogens is 2. The van der Waals surface area contributed by atoms with Crippen molar-refractivity contribution in [2.45, 2.75) is 0 Å². The summed E-state index contributed by atoms with van der Waals surface area (Å²) in [5.74, 6) is 0.494. The first-order valence-corrected chi connectivity index (χ1v) is 10.3. The summed E-state index contributed by atoms with van der Waals surface area (Å²) in [6.07, 6.45) is 0. The lowest BCUT2D eigenvalue weighted by Gasteiger charge is -2.10. The monoisotopic (exact) mass is 496 g/mol. The topological polar surface area (TPSA) is 78.3 Å². The van der Waals surface area contributed by atoms with Gasteiger partial charge in [0.05, 0.1) is 25.6 Å². The molecule has 0 unspecified atom stereocenters. The zero-order valence-electron chi connectivity index (χ0n) is 17.2. The Balaban J connectivity index is 1.75. The molecule has 162 valence electrons. The van der Waals surface area contributed by atoms with Crippen LogP contribution in [0, 0.1) is 5.82 Å². The largest absolute Gasteiger partial charge is 0.497 e. The molecule has 1 N–H and O–H groups in total. The van der Waals surface area contributed by atoms with Crippen LogP contribution in [0.15, 0.2) is 71.2 Å². The second-order valence-corrected chi connectivity index (χ2v) is 7.59. The summed E-state index contributed by atoms with van der Waals surface area (Å²) < 4.78 is 26.4. The molecule has 7 nitrogen and oxygen atoms in total. The maximum absolute atomic E-state index is 13.4. The number of hydrogen-bond donors (Lipinski definition) is 1. The molecule has 3 aromatic carbocycles. The van der Waals surface area contributed by atoms with Crippen LogP contribution in [0.2, 0.25) is 0 Å². The maximum Gasteiger partial charge on any atom is 0.295 e. The third kappa shape index (κ3) is 4.47. The summed E-state index contributed by atoms with van der Waals surface area (Å²) in [6.45, 7) is 0. The Bertz CT molecular complexity index is 1190. The van der Waals surface area contributed by atoms with Crippen LogP contribution >= 0.6 is 15.9 Å². The van der Waals surface area contributed by atoms with Gasteiger partial charge in [-0.25, -0.2) is 14.1 Å². The molecule has 1 heterocycles. The molecule has 0 saturated heterocycles. The minimum Gasteiger partial charge on any atom is -0.497 e. The van der Waals surface area contributed by atoms with Gasteiger partial charge in [-0.1, -0.05) is 28.1 Å². The number of anilines is 1. The lowest BCUT2D eigenvalue weighted by Crippen LogP contribution is -2.15. The average molecular weight is 497 g/mol. The van der Waals surface area contributed by atoms with Gasteiger partial charge >= 0.3 is 0 Å². The molecule has 0 aliphatic carbocycles. The number of methoxy groups -OCH3 is 2. The van der Waals surface area contributed by atoms with Gasteiger partial charge in [0.15, 0.2) is 5.82 Å². The van der Waals surface area contributed by atoms with Crippen LogP contribution in [0.5, 0.6) is 11.5 Å². The molecule has 0 aliphatic rings. The highest BCUT2D eigenvalue weighted by Crippen LogP contribution is 2.29. The minimum atomic E-state index is -0.532. The quantitative estimate of drug-likeness (QED) is 0.401. The van der Waals surface area contributed by atoms with Gasteiger partial charge in [0.25, 0.3) is 5.91 Å². The minimum absolute atomic E-state index is 0.0582. The number of aromatic nitrogens is 3. The molecular weight excluding hydrogens is 479 g/mol. The summed E-state index contributed by atoms with van der Waals surface area (Å²) in [4.78, 5) is 17.5. The number of nitrogens with one attached hydrogen (secondary N) is 1. The van der Waals surface area contributed by atoms with Crippen molar-refractivity contribution in [3.63, 3.8) is 0 Å². The Morgan fingerprint density at radius 1 is 1.00 bits per heavy atom. The lowest BCUT2D eigenvalue weighted by atomic mass is 10.2. The van der Waals surface area contributed by atoms with Crippen LogP contribution in [0.3, 0.4) is 0 Å². The molecule has 0 aliphatic heterocycles. The summed E-state index contributed by atoms with van der Waals surface area (Å²) in [7, 11) is 3.04. The standard InChI is InChI=1S/C23H18BrFN4O3/c1-31-18-11-12-20(32-2)19(13-18)26-23(30)21-27-22(14-3-5-15(24)6-4-14)29(28-21)17-9-7-16(25)8-10-17/h3-13H,1-2H3,(H,26,30). The molecule has 0 bridgehead atoms. The van der Waals surface area contributed by atoms with Crippen molar-refractivity contribution in [3.8, 4) is 28.6 Å². The number of benzene rings is 3. The summed E-state index contributed by atoms with van der Waals surface area (Å²) >= 11 is 3.41. The van der Waals surface area contributed by atoms with Crippen LogP contribution in [0.25, 0.3) is 17.1 Å². The van der Waals surface area contributed by atoms with Crippen molar-refractivity contribution in [3.05, 3.63) is 82.8 Å². The van der Waals surface area contributed by atoms with E-state index < -0.39 is 5.91 Å². The van der Waals surface area contributed by atoms with E-state index in [1.54, 1.807) is 30.3 Å². The van der Waals surface area contributed by atoms with E-state index in [-0.39, 0.29) is 11.6 Å². The van der Waals surface area contributed by atoms with E-state index in [1.807, 2.05) is 24.3 Å². The number of carbonyl (C=O) groups excluding carboxylic acids is 1. The number of ether oxygens (including phenoxy) is 2. The highest BCUT2D eigenvalue weighted by Gasteiger charge is 2.20. The van der Waals surface area contributed by atoms with Crippen molar-refractivity contribution in [2.24, 2.45) is 0 Å². The normalized spacial score (nSPS) is 10.6. The van der Waals surface area contributed by atoms with Crippen LogP contribution in [0.1, 0.15) is 10.6 Å². The van der Waals surface area contributed by atoms with Crippen molar-refractivity contribution in [1.29, 1.82) is 0 Å². The molecule has 1 aromatic heterocycles. The van der Waals surface area contributed by atoms with Gasteiger partial charge in [-0.2, -0.15) is 0 Å². The highest BCUT2D eigenvalue weighted by molar-refractivity contribution is 9.10. The molecule has 32 heavy (non-hydrogen) atoms. The van der Waals surface area contributed by atoms with Gasteiger partial charge in [-0.15, -0.1) is 5.10 Å². The van der Waals surface area contributed by atoms with E-state index in [1.165, 1.54) is 31.0 Å². The van der Waals surface area contributed by atoms with E-state index in [0.29, 0.717) is 28.7 Å². The Morgan fingerprint density at radius 3 is 2.38 bits per heavy atom. The second kappa shape index (κ2) is 9.19. The highest BCUT2D eigenvalue weighted by atomic mass is 79.9. The fraction of sp³-hybridized carbons (Fsp3) is 0.0870. The van der Waals surface area contributed by atoms with Gasteiger partial charge in [0.1, 0.15) is 17.3 Å². The zero-order chi connectivity index (χ0) is 22.7. The predicted molar refractivity (Wildman–Crippen MR) is 122 cm³/mol. The average Bonchev–Trinajstić information content (AvgIpc) is 3.25. The molecule has 4 rings (SSSR count). The Labute approximate surface area is 191 Å². The predicted octanol–water partition coefficient (Wildman–Crippen LogP) is 5.11. The van der Waals surface area contributed by atoms with Crippen LogP contribution in [0.4, 0.5) is 10.1 Å². The Hall–Kier alpha value is -3.72. The second-order valence-electron chi connectivity index (χ2n) is 6.67. The van der Waals surface area contributed by atoms with Crippen LogP contribution in [-0.2, 0) is 0 Å². The number of amides is 1. The first-order chi connectivity index (χ1) is 15.5. The number of rotatable bonds is 6. The lowest BCUT2D eigenvalue weighted by molar-refractivity contribution is 0.101. The molecule has 0 atom stereocenters. The first kappa shape index (κ1) is 21.5. The van der Waals surface area contributed by atoms with Crippen molar-refractivity contribution < 1.29 is 18.7 Å². The smallest absolute Gasteiger partial charge is 0.295 e. The molecule has 0 radical (unpaired) electrons. The molecule has 4 aromatic rings. The first-order valence-electron chi connectivity index (χ1n) is 9.51. The molecule has 0 fully saturated rings. The summed E-state index contributed by atoms with van der Waals surface area (Å²) in [5, 5.41) is 7.15. The van der Waals surface area contributed by atoms with Crippen LogP contribution in [-0.4, -0.2) is 34.9 Å². The third-order valence-corrected chi connectivity index (χ3v) is 5.17. The summed E-state index contributed by atoms with van der Waals surface area (Å²) in [5.41, 5.74) is 1.72. The fourth-order valence-electron chi connectivity index (χ4n) is 3.05. The summed E-state index contributed by atoms with van der Waals surface area (Å²) in [6, 6.07) is 18.3. The SMILES string of the molecule is COc1ccc(OC)c(NC(=O)c2nc(-c3ccc(Br)cc3)n(-c3ccc(F)cc3)n2)c1. The zero-order valence-corrected chi connectivity index (χ0v) is 18.8. The van der Waals surface area contributed by atoms with E-state index in [4.69, 9.17) is 9.47 Å². The van der Waals surface area contributed by atoms with Crippen molar-refractivity contribution in [2.75, 3.05) is 19.5 Å². The van der Waals surface area contributed by atoms with Crippen molar-refractivity contribution >= 4 is 27.5 Å². The fourth-order valence-corrected chi connectivity index (χ4v) is 3.31. The Morgan fingerprint density at radius 2 is 1.72 bits per heavy atom. The van der Waals surface area contributed by atoms with Crippen LogP contribution < -0.4 is 14.8 Å². The van der Waals surface area contributed by atoms with E-state index in [9.17, 15) is 9.18 Å². The third-order valence-electron chi connectivity index (χ3n) is 4.64. The maximum atomic E-state index is 13.4. The molecule has 1 amide bonds. The van der Waals surface area contributed by atoms with E-state index in [0.717, 1.165) is 10.0 Å². The molecule has 9 heteroatoms. The molecule has 0 saturated carbocycles. The van der Waals surface area contributed by atoms with E-state index in [2.05, 4.69) is 31.3 Å².